The molecule has 2 aliphatic carbocycles. The number of hydrogen-bond donors (Lipinski definition) is 4. The Morgan fingerprint density at radius 2 is 1.65 bits per heavy atom. The van der Waals surface area contributed by atoms with Crippen molar-refractivity contribution >= 4 is 39.7 Å². The summed E-state index contributed by atoms with van der Waals surface area (Å²) in [5, 5.41) is 11.3. The summed E-state index contributed by atoms with van der Waals surface area (Å²) in [6.07, 6.45) is 7.31. The summed E-state index contributed by atoms with van der Waals surface area (Å²) in [4.78, 5) is 69.7. The molecule has 4 rings (SSSR count). The van der Waals surface area contributed by atoms with Crippen LogP contribution < -0.4 is 21.3 Å². The summed E-state index contributed by atoms with van der Waals surface area (Å²) in [5.74, 6) is -2.56. The minimum Gasteiger partial charge on any atom is -0.346 e. The maximum atomic E-state index is 14.6. The fourth-order valence-corrected chi connectivity index (χ4v) is 9.68. The summed E-state index contributed by atoms with van der Waals surface area (Å²) in [5.41, 5.74) is -0.703. The van der Waals surface area contributed by atoms with E-state index in [2.05, 4.69) is 41.7 Å². The van der Waals surface area contributed by atoms with Gasteiger partial charge < -0.3 is 26.2 Å². The van der Waals surface area contributed by atoms with Crippen molar-refractivity contribution in [3.8, 4) is 0 Å². The number of rotatable bonds is 14. The van der Waals surface area contributed by atoms with E-state index in [1.165, 1.54) is 14.7 Å². The Morgan fingerprint density at radius 1 is 0.980 bits per heavy atom. The van der Waals surface area contributed by atoms with Crippen molar-refractivity contribution < 1.29 is 32.4 Å². The molecule has 51 heavy (non-hydrogen) atoms. The molecule has 14 nitrogen and oxygen atoms in total. The highest BCUT2D eigenvalue weighted by Crippen LogP contribution is 2.65. The molecule has 4 N–H and O–H groups in total. The minimum absolute atomic E-state index is 0.0733. The molecule has 2 aliphatic heterocycles. The Morgan fingerprint density at radius 3 is 2.25 bits per heavy atom. The fourth-order valence-electron chi connectivity index (χ4n) is 8.23. The van der Waals surface area contributed by atoms with E-state index in [1.807, 2.05) is 27.7 Å². The van der Waals surface area contributed by atoms with Crippen LogP contribution in [0.1, 0.15) is 92.9 Å². The van der Waals surface area contributed by atoms with Gasteiger partial charge in [0.1, 0.15) is 12.1 Å². The number of piperidine rings is 1. The Kier molecular flexibility index (Phi) is 13.0. The van der Waals surface area contributed by atoms with Gasteiger partial charge in [0.2, 0.25) is 17.6 Å². The zero-order valence-corrected chi connectivity index (χ0v) is 32.4. The maximum absolute atomic E-state index is 14.6. The van der Waals surface area contributed by atoms with Crippen LogP contribution >= 0.6 is 0 Å². The molecule has 288 valence electrons. The van der Waals surface area contributed by atoms with Gasteiger partial charge in [0.15, 0.2) is 0 Å². The Hall–Kier alpha value is -3.04. The highest BCUT2D eigenvalue weighted by molar-refractivity contribution is 7.86. The van der Waals surface area contributed by atoms with Gasteiger partial charge in [-0.25, -0.2) is 4.79 Å². The van der Waals surface area contributed by atoms with Crippen molar-refractivity contribution in [3.63, 3.8) is 0 Å². The molecule has 6 atom stereocenters. The number of Topliss-reactive ketones (excluding diaryl/α,β-unsaturated/α-hetero) is 1. The number of urea groups is 1. The first kappa shape index (κ1) is 40.7. The average molecular weight is 736 g/mol. The molecular formula is C36H61N7O7S. The number of nitrogens with one attached hydrogen (secondary N) is 4. The first-order chi connectivity index (χ1) is 23.9. The molecule has 5 amide bonds. The molecule has 1 unspecified atom stereocenters. The fraction of sp³-hybridized carbons (Fsp3) is 0.806. The number of nitrogens with zero attached hydrogens (tertiary/aromatic N) is 3. The Bertz CT molecular complexity index is 1440. The second-order valence-corrected chi connectivity index (χ2v) is 18.6. The van der Waals surface area contributed by atoms with Crippen LogP contribution in [0.5, 0.6) is 0 Å². The lowest BCUT2D eigenvalue weighted by molar-refractivity contribution is -0.144. The smallest absolute Gasteiger partial charge is 0.315 e. The van der Waals surface area contributed by atoms with Gasteiger partial charge in [0.05, 0.1) is 6.04 Å². The van der Waals surface area contributed by atoms with Gasteiger partial charge >= 0.3 is 6.03 Å². The average Bonchev–Trinajstić information content (AvgIpc) is 3.37. The number of carbonyl (C=O) groups is 5. The van der Waals surface area contributed by atoms with Gasteiger partial charge in [-0.15, -0.1) is 6.58 Å². The molecule has 0 radical (unpaired) electrons. The quantitative estimate of drug-likeness (QED) is 0.156. The molecule has 15 heteroatoms. The first-order valence-electron chi connectivity index (χ1n) is 18.7. The van der Waals surface area contributed by atoms with Crippen molar-refractivity contribution in [3.05, 3.63) is 12.7 Å². The lowest BCUT2D eigenvalue weighted by atomic mass is 9.83. The third kappa shape index (κ3) is 9.13. The largest absolute Gasteiger partial charge is 0.346 e. The van der Waals surface area contributed by atoms with E-state index in [0.717, 1.165) is 32.1 Å². The SMILES string of the molecule is C=CCNC(=O)C(=O)C(CCC)NC(=O)[C@@H]1[C@@H]2[C@H](CN1C(=O)[C@@H](NC(=O)N[C@H](CN1CCCN(C)S1(=O)=O)C(C)(C)C)C1CCCCC1)C2(C)C. The number of fused-ring (bicyclic) bond motifs is 1. The number of amides is 5. The van der Waals surface area contributed by atoms with E-state index in [0.29, 0.717) is 32.5 Å². The minimum atomic E-state index is -3.66. The van der Waals surface area contributed by atoms with Crippen molar-refractivity contribution in [1.82, 2.24) is 34.8 Å². The number of carbonyl (C=O) groups excluding carboxylic acids is 5. The highest BCUT2D eigenvalue weighted by Gasteiger charge is 2.69. The summed E-state index contributed by atoms with van der Waals surface area (Å²) in [6, 6.07) is -3.92. The molecule has 0 aromatic rings. The maximum Gasteiger partial charge on any atom is 0.315 e. The highest BCUT2D eigenvalue weighted by atomic mass is 32.2. The second-order valence-electron chi connectivity index (χ2n) is 16.6. The summed E-state index contributed by atoms with van der Waals surface area (Å²) < 4.78 is 28.8. The molecule has 0 aromatic carbocycles. The summed E-state index contributed by atoms with van der Waals surface area (Å²) in [6.45, 7) is 16.7. The van der Waals surface area contributed by atoms with Crippen LogP contribution in [0.3, 0.4) is 0 Å². The van der Waals surface area contributed by atoms with Crippen LogP contribution in [0.15, 0.2) is 12.7 Å². The van der Waals surface area contributed by atoms with Crippen LogP contribution in [-0.4, -0.2) is 115 Å². The van der Waals surface area contributed by atoms with Gasteiger partial charge in [0.25, 0.3) is 16.1 Å². The normalized spacial score (nSPS) is 26.6. The standard InChI is InChI=1S/C36H61N7O7S/c1-9-15-25(30(44)32(46)37-18-10-2)38-31(45)29-27-24(36(27,6)7)21-43(29)33(47)28(23-16-12-11-13-17-23)40-34(48)39-26(35(3,4)5)22-42-20-14-19-41(8)51(42,49)50/h10,23-29H,2,9,11-22H2,1,3-8H3,(H,37,46)(H,38,45)(H2,39,40,48)/t24-,25?,26+,27-,28-,29-/m0/s1. The van der Waals surface area contributed by atoms with Crippen molar-refractivity contribution in [2.75, 3.05) is 39.8 Å². The predicted molar refractivity (Wildman–Crippen MR) is 194 cm³/mol. The topological polar surface area (TPSA) is 177 Å². The lowest BCUT2D eigenvalue weighted by Gasteiger charge is -2.40. The van der Waals surface area contributed by atoms with Crippen molar-refractivity contribution in [2.24, 2.45) is 28.6 Å². The van der Waals surface area contributed by atoms with E-state index in [9.17, 15) is 32.4 Å². The van der Waals surface area contributed by atoms with Gasteiger partial charge in [-0.3, -0.25) is 19.2 Å². The second kappa shape index (κ2) is 16.3. The third-order valence-corrected chi connectivity index (χ3v) is 13.6. The van der Waals surface area contributed by atoms with Gasteiger partial charge in [-0.2, -0.15) is 17.0 Å². The first-order valence-corrected chi connectivity index (χ1v) is 20.1. The lowest BCUT2D eigenvalue weighted by Crippen LogP contribution is -2.62. The number of hydrogen-bond acceptors (Lipinski definition) is 7. The van der Waals surface area contributed by atoms with Gasteiger partial charge in [-0.1, -0.05) is 73.3 Å². The van der Waals surface area contributed by atoms with E-state index in [1.54, 1.807) is 11.9 Å². The van der Waals surface area contributed by atoms with Crippen LogP contribution in [-0.2, 0) is 29.4 Å². The van der Waals surface area contributed by atoms with E-state index in [-0.39, 0.29) is 48.6 Å². The number of ketones is 1. The van der Waals surface area contributed by atoms with Gasteiger partial charge in [-0.05, 0) is 54.3 Å². The van der Waals surface area contributed by atoms with Crippen LogP contribution in [0.25, 0.3) is 0 Å². The summed E-state index contributed by atoms with van der Waals surface area (Å²) in [7, 11) is -2.11. The number of likely N-dealkylation sites (tertiary alicyclic amines) is 1. The zero-order valence-electron chi connectivity index (χ0n) is 31.6. The molecule has 2 heterocycles. The Labute approximate surface area is 304 Å². The van der Waals surface area contributed by atoms with Crippen molar-refractivity contribution in [1.29, 1.82) is 0 Å². The Balaban J connectivity index is 1.55. The molecule has 2 saturated heterocycles. The van der Waals surface area contributed by atoms with E-state index in [4.69, 9.17) is 0 Å². The molecular weight excluding hydrogens is 675 g/mol. The van der Waals surface area contributed by atoms with E-state index >= 15 is 0 Å². The predicted octanol–water partition coefficient (Wildman–Crippen LogP) is 2.17. The molecule has 4 aliphatic rings. The van der Waals surface area contributed by atoms with Crippen LogP contribution in [0, 0.1) is 28.6 Å². The monoisotopic (exact) mass is 735 g/mol. The summed E-state index contributed by atoms with van der Waals surface area (Å²) >= 11 is 0. The molecule has 2 saturated carbocycles. The zero-order chi connectivity index (χ0) is 37.9. The van der Waals surface area contributed by atoms with Crippen LogP contribution in [0.2, 0.25) is 0 Å². The molecule has 4 fully saturated rings. The molecule has 0 aromatic heterocycles. The van der Waals surface area contributed by atoms with Crippen LogP contribution in [0.4, 0.5) is 4.79 Å². The van der Waals surface area contributed by atoms with Crippen molar-refractivity contribution in [2.45, 2.75) is 117 Å². The molecule has 0 spiro atoms. The van der Waals surface area contributed by atoms with E-state index < -0.39 is 63.4 Å². The van der Waals surface area contributed by atoms with Gasteiger partial charge in [0, 0.05) is 45.8 Å². The third-order valence-electron chi connectivity index (χ3n) is 11.6. The molecule has 0 bridgehead atoms.